The zero-order valence-corrected chi connectivity index (χ0v) is 10.6. The molecule has 2 heterocycles. The summed E-state index contributed by atoms with van der Waals surface area (Å²) in [5, 5.41) is 3.06. The summed E-state index contributed by atoms with van der Waals surface area (Å²) in [6.07, 6.45) is 5.33. The van der Waals surface area contributed by atoms with E-state index < -0.39 is 0 Å². The molecule has 0 aliphatic carbocycles. The molecule has 0 aliphatic heterocycles. The first-order valence-corrected chi connectivity index (χ1v) is 5.56. The summed E-state index contributed by atoms with van der Waals surface area (Å²) < 4.78 is 1.87. The molecule has 0 amide bonds. The van der Waals surface area contributed by atoms with E-state index >= 15 is 0 Å². The molecule has 17 heavy (non-hydrogen) atoms. The summed E-state index contributed by atoms with van der Waals surface area (Å²) in [5.41, 5.74) is -0.0812. The van der Waals surface area contributed by atoms with Crippen LogP contribution in [-0.2, 0) is 5.41 Å². The molecular weight excluding hydrogens is 214 g/mol. The molecule has 0 aliphatic rings. The van der Waals surface area contributed by atoms with Crippen LogP contribution >= 0.6 is 0 Å². The van der Waals surface area contributed by atoms with Crippen molar-refractivity contribution in [2.45, 2.75) is 26.2 Å². The molecule has 0 saturated carbocycles. The summed E-state index contributed by atoms with van der Waals surface area (Å²) in [5.74, 6) is 2.45. The lowest BCUT2D eigenvalue weighted by Gasteiger charge is -2.18. The molecule has 5 heteroatoms. The van der Waals surface area contributed by atoms with Crippen LogP contribution in [0.2, 0.25) is 0 Å². The first-order chi connectivity index (χ1) is 8.00. The van der Waals surface area contributed by atoms with Gasteiger partial charge in [0.15, 0.2) is 0 Å². The van der Waals surface area contributed by atoms with Crippen LogP contribution in [0.3, 0.4) is 0 Å². The van der Waals surface area contributed by atoms with Crippen molar-refractivity contribution in [1.82, 2.24) is 19.5 Å². The molecule has 0 saturated heterocycles. The predicted molar refractivity (Wildman–Crippen MR) is 67.4 cm³/mol. The van der Waals surface area contributed by atoms with Crippen LogP contribution in [0.15, 0.2) is 24.8 Å². The molecule has 0 spiro atoms. The van der Waals surface area contributed by atoms with Crippen LogP contribution in [-0.4, -0.2) is 26.6 Å². The minimum Gasteiger partial charge on any atom is -0.373 e. The Kier molecular flexibility index (Phi) is 2.83. The van der Waals surface area contributed by atoms with Crippen molar-refractivity contribution >= 4 is 5.82 Å². The molecule has 0 atom stereocenters. The quantitative estimate of drug-likeness (QED) is 0.859. The first-order valence-electron chi connectivity index (χ1n) is 5.56. The molecule has 2 aromatic rings. The SMILES string of the molecule is CNc1cc(-n2ccnc2)nc(C(C)(C)C)n1. The number of hydrogen-bond acceptors (Lipinski definition) is 4. The van der Waals surface area contributed by atoms with Gasteiger partial charge in [0.05, 0.1) is 0 Å². The minimum absolute atomic E-state index is 0.0812. The van der Waals surface area contributed by atoms with Crippen LogP contribution in [0.4, 0.5) is 5.82 Å². The van der Waals surface area contributed by atoms with Gasteiger partial charge in [-0.3, -0.25) is 4.57 Å². The van der Waals surface area contributed by atoms with Gasteiger partial charge in [0.2, 0.25) is 0 Å². The molecule has 2 rings (SSSR count). The van der Waals surface area contributed by atoms with Crippen LogP contribution in [0, 0.1) is 0 Å². The average Bonchev–Trinajstić information content (AvgIpc) is 2.80. The van der Waals surface area contributed by atoms with Gasteiger partial charge < -0.3 is 5.32 Å². The summed E-state index contributed by atoms with van der Waals surface area (Å²) in [6.45, 7) is 6.29. The Morgan fingerprint density at radius 3 is 2.53 bits per heavy atom. The van der Waals surface area contributed by atoms with Crippen molar-refractivity contribution in [3.05, 3.63) is 30.6 Å². The molecule has 2 aromatic heterocycles. The molecule has 0 bridgehead atoms. The number of rotatable bonds is 2. The third-order valence-electron chi connectivity index (χ3n) is 2.41. The largest absolute Gasteiger partial charge is 0.373 e. The summed E-state index contributed by atoms with van der Waals surface area (Å²) in [4.78, 5) is 13.1. The van der Waals surface area contributed by atoms with E-state index in [1.54, 1.807) is 12.5 Å². The number of aromatic nitrogens is 4. The fraction of sp³-hybridized carbons (Fsp3) is 0.417. The fourth-order valence-corrected chi connectivity index (χ4v) is 1.42. The van der Waals surface area contributed by atoms with Gasteiger partial charge in [0, 0.05) is 30.9 Å². The van der Waals surface area contributed by atoms with E-state index in [0.717, 1.165) is 17.5 Å². The fourth-order valence-electron chi connectivity index (χ4n) is 1.42. The van der Waals surface area contributed by atoms with E-state index in [0.29, 0.717) is 0 Å². The normalized spacial score (nSPS) is 11.5. The monoisotopic (exact) mass is 231 g/mol. The maximum Gasteiger partial charge on any atom is 0.143 e. The lowest BCUT2D eigenvalue weighted by atomic mass is 9.96. The topological polar surface area (TPSA) is 55.6 Å². The zero-order valence-electron chi connectivity index (χ0n) is 10.6. The van der Waals surface area contributed by atoms with Crippen molar-refractivity contribution in [1.29, 1.82) is 0 Å². The lowest BCUT2D eigenvalue weighted by Crippen LogP contribution is -2.18. The third kappa shape index (κ3) is 2.43. The summed E-state index contributed by atoms with van der Waals surface area (Å²) >= 11 is 0. The van der Waals surface area contributed by atoms with E-state index in [-0.39, 0.29) is 5.41 Å². The molecule has 0 unspecified atom stereocenters. The van der Waals surface area contributed by atoms with Crippen LogP contribution in [0.25, 0.3) is 5.82 Å². The van der Waals surface area contributed by atoms with Gasteiger partial charge in [-0.15, -0.1) is 0 Å². The van der Waals surface area contributed by atoms with Crippen molar-refractivity contribution in [3.63, 3.8) is 0 Å². The Balaban J connectivity index is 2.54. The molecule has 5 nitrogen and oxygen atoms in total. The Morgan fingerprint density at radius 1 is 1.24 bits per heavy atom. The Labute approximate surface area is 101 Å². The molecule has 90 valence electrons. The van der Waals surface area contributed by atoms with E-state index in [1.165, 1.54) is 0 Å². The highest BCUT2D eigenvalue weighted by Gasteiger charge is 2.19. The Hall–Kier alpha value is -1.91. The maximum absolute atomic E-state index is 4.57. The third-order valence-corrected chi connectivity index (χ3v) is 2.41. The highest BCUT2D eigenvalue weighted by Crippen LogP contribution is 2.21. The zero-order chi connectivity index (χ0) is 12.5. The second kappa shape index (κ2) is 4.16. The van der Waals surface area contributed by atoms with Gasteiger partial charge in [-0.1, -0.05) is 20.8 Å². The van der Waals surface area contributed by atoms with E-state index in [1.807, 2.05) is 23.9 Å². The number of anilines is 1. The average molecular weight is 231 g/mol. The van der Waals surface area contributed by atoms with E-state index in [9.17, 15) is 0 Å². The molecular formula is C12H17N5. The Morgan fingerprint density at radius 2 is 2.00 bits per heavy atom. The van der Waals surface area contributed by atoms with Crippen LogP contribution < -0.4 is 5.32 Å². The number of imidazole rings is 1. The molecule has 0 aromatic carbocycles. The van der Waals surface area contributed by atoms with Gasteiger partial charge >= 0.3 is 0 Å². The molecule has 1 N–H and O–H groups in total. The first kappa shape index (κ1) is 11.6. The van der Waals surface area contributed by atoms with Crippen LogP contribution in [0.5, 0.6) is 0 Å². The minimum atomic E-state index is -0.0812. The van der Waals surface area contributed by atoms with Gasteiger partial charge in [-0.25, -0.2) is 15.0 Å². The summed E-state index contributed by atoms with van der Waals surface area (Å²) in [6, 6.07) is 1.90. The van der Waals surface area contributed by atoms with E-state index in [2.05, 4.69) is 41.0 Å². The van der Waals surface area contributed by atoms with Crippen molar-refractivity contribution in [2.75, 3.05) is 12.4 Å². The van der Waals surface area contributed by atoms with E-state index in [4.69, 9.17) is 0 Å². The lowest BCUT2D eigenvalue weighted by molar-refractivity contribution is 0.544. The highest BCUT2D eigenvalue weighted by atomic mass is 15.1. The van der Waals surface area contributed by atoms with Crippen LogP contribution in [0.1, 0.15) is 26.6 Å². The van der Waals surface area contributed by atoms with Crippen molar-refractivity contribution in [3.8, 4) is 5.82 Å². The second-order valence-corrected chi connectivity index (χ2v) is 4.90. The molecule has 0 fully saturated rings. The smallest absolute Gasteiger partial charge is 0.143 e. The Bertz CT molecular complexity index is 496. The highest BCUT2D eigenvalue weighted by molar-refractivity contribution is 5.41. The number of hydrogen-bond donors (Lipinski definition) is 1. The van der Waals surface area contributed by atoms with Gasteiger partial charge in [0.25, 0.3) is 0 Å². The van der Waals surface area contributed by atoms with Crippen molar-refractivity contribution in [2.24, 2.45) is 0 Å². The standard InChI is InChI=1S/C12H17N5/c1-12(2,3)11-15-9(13-4)7-10(16-11)17-6-5-14-8-17/h5-8H,1-4H3,(H,13,15,16). The second-order valence-electron chi connectivity index (χ2n) is 4.90. The number of nitrogens with zero attached hydrogens (tertiary/aromatic N) is 4. The summed E-state index contributed by atoms with van der Waals surface area (Å²) in [7, 11) is 1.85. The predicted octanol–water partition coefficient (Wildman–Crippen LogP) is 2.00. The maximum atomic E-state index is 4.57. The molecule has 0 radical (unpaired) electrons. The van der Waals surface area contributed by atoms with Gasteiger partial charge in [0.1, 0.15) is 23.8 Å². The van der Waals surface area contributed by atoms with Crippen molar-refractivity contribution < 1.29 is 0 Å². The van der Waals surface area contributed by atoms with Gasteiger partial charge in [-0.05, 0) is 0 Å². The van der Waals surface area contributed by atoms with Gasteiger partial charge in [-0.2, -0.15) is 0 Å². The number of nitrogens with one attached hydrogen (secondary N) is 1.